The second-order valence-electron chi connectivity index (χ2n) is 6.34. The Bertz CT molecular complexity index is 1050. The Morgan fingerprint density at radius 1 is 1.00 bits per heavy atom. The number of furan rings is 1. The van der Waals surface area contributed by atoms with Crippen molar-refractivity contribution in [2.75, 3.05) is 13.7 Å². The largest absolute Gasteiger partial charge is 0.495 e. The molecule has 0 bridgehead atoms. The average Bonchev–Trinajstić information content (AvgIpc) is 3.17. The molecule has 10 heteroatoms. The van der Waals surface area contributed by atoms with Crippen molar-refractivity contribution in [2.45, 2.75) is 30.7 Å². The van der Waals surface area contributed by atoms with Gasteiger partial charge >= 0.3 is 5.63 Å². The summed E-state index contributed by atoms with van der Waals surface area (Å²) in [5.41, 5.74) is -0.501. The van der Waals surface area contributed by atoms with Crippen LogP contribution in [0.25, 0.3) is 21.9 Å². The molecular formula is C18H18O10. The fourth-order valence-electron chi connectivity index (χ4n) is 3.28. The van der Waals surface area contributed by atoms with Crippen LogP contribution in [-0.2, 0) is 4.74 Å². The minimum Gasteiger partial charge on any atom is -0.495 e. The van der Waals surface area contributed by atoms with E-state index in [1.165, 1.54) is 25.5 Å². The molecule has 0 unspecified atom stereocenters. The van der Waals surface area contributed by atoms with Gasteiger partial charge in [0.1, 0.15) is 30.2 Å². The van der Waals surface area contributed by atoms with E-state index < -0.39 is 42.9 Å². The number of aliphatic hydroxyl groups is 4. The highest BCUT2D eigenvalue weighted by Gasteiger charge is 2.45. The molecule has 28 heavy (non-hydrogen) atoms. The topological polar surface area (TPSA) is 152 Å². The predicted octanol–water partition coefficient (Wildman–Crippen LogP) is -0.274. The Kier molecular flexibility index (Phi) is 4.73. The van der Waals surface area contributed by atoms with E-state index in [0.29, 0.717) is 16.5 Å². The Morgan fingerprint density at radius 3 is 2.46 bits per heavy atom. The van der Waals surface area contributed by atoms with Crippen molar-refractivity contribution < 1.29 is 43.5 Å². The van der Waals surface area contributed by atoms with Crippen LogP contribution in [0, 0.1) is 0 Å². The first-order valence-electron chi connectivity index (χ1n) is 8.44. The lowest BCUT2D eigenvalue weighted by Gasteiger charge is -2.39. The molecule has 2 aromatic heterocycles. The maximum Gasteiger partial charge on any atom is 0.336 e. The van der Waals surface area contributed by atoms with Crippen LogP contribution in [-0.4, -0.2) is 64.8 Å². The molecule has 4 N–H and O–H groups in total. The highest BCUT2D eigenvalue weighted by molar-refractivity contribution is 6.06. The zero-order valence-electron chi connectivity index (χ0n) is 14.6. The first kappa shape index (κ1) is 18.7. The van der Waals surface area contributed by atoms with Crippen molar-refractivity contribution in [3.8, 4) is 11.5 Å². The quantitative estimate of drug-likeness (QED) is 0.435. The van der Waals surface area contributed by atoms with Gasteiger partial charge in [0.15, 0.2) is 11.2 Å². The molecule has 1 fully saturated rings. The van der Waals surface area contributed by atoms with Gasteiger partial charge in [0.2, 0.25) is 12.0 Å². The minimum absolute atomic E-state index is 0.0104. The number of methoxy groups -OCH3 is 1. The number of ether oxygens (including phenoxy) is 3. The fraction of sp³-hybridized carbons (Fsp3) is 0.389. The van der Waals surface area contributed by atoms with Crippen molar-refractivity contribution >= 4 is 21.9 Å². The van der Waals surface area contributed by atoms with Crippen LogP contribution >= 0.6 is 0 Å². The van der Waals surface area contributed by atoms with E-state index in [4.69, 9.17) is 23.0 Å². The molecule has 0 aliphatic carbocycles. The maximum absolute atomic E-state index is 11.8. The summed E-state index contributed by atoms with van der Waals surface area (Å²) in [6.07, 6.45) is -6.06. The summed E-state index contributed by atoms with van der Waals surface area (Å²) in [5.74, 6) is 0.335. The van der Waals surface area contributed by atoms with Gasteiger partial charge in [-0.25, -0.2) is 4.79 Å². The van der Waals surface area contributed by atoms with Gasteiger partial charge in [-0.2, -0.15) is 0 Å². The lowest BCUT2D eigenvalue weighted by atomic mass is 9.99. The molecular weight excluding hydrogens is 376 g/mol. The molecule has 3 heterocycles. The Morgan fingerprint density at radius 2 is 1.75 bits per heavy atom. The summed E-state index contributed by atoms with van der Waals surface area (Å²) >= 11 is 0. The number of benzene rings is 1. The molecule has 1 aromatic carbocycles. The van der Waals surface area contributed by atoms with Crippen LogP contribution in [0.4, 0.5) is 0 Å². The molecule has 4 rings (SSSR count). The number of hydrogen-bond donors (Lipinski definition) is 4. The van der Waals surface area contributed by atoms with E-state index >= 15 is 0 Å². The van der Waals surface area contributed by atoms with Crippen LogP contribution < -0.4 is 15.1 Å². The third-order valence-electron chi connectivity index (χ3n) is 4.69. The minimum atomic E-state index is -1.64. The predicted molar refractivity (Wildman–Crippen MR) is 93.2 cm³/mol. The van der Waals surface area contributed by atoms with Gasteiger partial charge < -0.3 is 43.5 Å². The van der Waals surface area contributed by atoms with Gasteiger partial charge in [0, 0.05) is 6.07 Å². The molecule has 0 spiro atoms. The SMILES string of the molecule is COc1c2ccoc2c(O[C@@H]2O[C@H](CO)[C@@H](O)[C@H](O)[C@H]2O)c2oc(=O)ccc12. The molecule has 5 atom stereocenters. The smallest absolute Gasteiger partial charge is 0.336 e. The van der Waals surface area contributed by atoms with E-state index in [9.17, 15) is 25.2 Å². The molecule has 1 aliphatic heterocycles. The average molecular weight is 394 g/mol. The first-order valence-corrected chi connectivity index (χ1v) is 8.44. The second-order valence-corrected chi connectivity index (χ2v) is 6.34. The highest BCUT2D eigenvalue weighted by atomic mass is 16.7. The lowest BCUT2D eigenvalue weighted by molar-refractivity contribution is -0.277. The molecule has 3 aromatic rings. The molecule has 1 aliphatic rings. The van der Waals surface area contributed by atoms with Crippen molar-refractivity contribution in [3.63, 3.8) is 0 Å². The number of hydrogen-bond acceptors (Lipinski definition) is 10. The van der Waals surface area contributed by atoms with E-state index in [2.05, 4.69) is 0 Å². The van der Waals surface area contributed by atoms with Crippen molar-refractivity contribution in [1.29, 1.82) is 0 Å². The molecule has 10 nitrogen and oxygen atoms in total. The summed E-state index contributed by atoms with van der Waals surface area (Å²) in [5, 5.41) is 40.4. The summed E-state index contributed by atoms with van der Waals surface area (Å²) < 4.78 is 27.2. The van der Waals surface area contributed by atoms with Crippen molar-refractivity contribution in [2.24, 2.45) is 0 Å². The Balaban J connectivity index is 1.87. The summed E-state index contributed by atoms with van der Waals surface area (Å²) in [6, 6.07) is 4.33. The maximum atomic E-state index is 11.8. The third-order valence-corrected chi connectivity index (χ3v) is 4.69. The molecule has 0 saturated carbocycles. The third kappa shape index (κ3) is 2.82. The highest BCUT2D eigenvalue weighted by Crippen LogP contribution is 2.43. The van der Waals surface area contributed by atoms with Gasteiger partial charge in [-0.15, -0.1) is 0 Å². The molecule has 0 radical (unpaired) electrons. The van der Waals surface area contributed by atoms with E-state index in [-0.39, 0.29) is 16.9 Å². The fourth-order valence-corrected chi connectivity index (χ4v) is 3.28. The van der Waals surface area contributed by atoms with Gasteiger partial charge in [0.25, 0.3) is 0 Å². The van der Waals surface area contributed by atoms with Crippen LogP contribution in [0.1, 0.15) is 0 Å². The molecule has 0 amide bonds. The Labute approximate surface area is 157 Å². The standard InChI is InChI=1S/C18H18O10/c1-24-14-7-2-3-10(20)27-16(7)17(15-8(14)4-5-25-15)28-18-13(23)12(22)11(21)9(6-19)26-18/h2-5,9,11-13,18-19,21-23H,6H2,1H3/t9-,11-,12+,13-,18+/m1/s1. The molecule has 1 saturated heterocycles. The van der Waals surface area contributed by atoms with E-state index in [1.54, 1.807) is 6.07 Å². The lowest BCUT2D eigenvalue weighted by Crippen LogP contribution is -2.60. The number of rotatable bonds is 4. The number of aliphatic hydroxyl groups excluding tert-OH is 4. The normalized spacial score (nSPS) is 28.0. The van der Waals surface area contributed by atoms with Crippen molar-refractivity contribution in [1.82, 2.24) is 0 Å². The van der Waals surface area contributed by atoms with Gasteiger partial charge in [0.05, 0.1) is 30.8 Å². The van der Waals surface area contributed by atoms with Crippen LogP contribution in [0.3, 0.4) is 0 Å². The second kappa shape index (κ2) is 7.08. The van der Waals surface area contributed by atoms with E-state index in [0.717, 1.165) is 0 Å². The van der Waals surface area contributed by atoms with Crippen LogP contribution in [0.5, 0.6) is 11.5 Å². The van der Waals surface area contributed by atoms with Gasteiger partial charge in [-0.05, 0) is 12.1 Å². The van der Waals surface area contributed by atoms with Gasteiger partial charge in [-0.3, -0.25) is 0 Å². The van der Waals surface area contributed by atoms with Gasteiger partial charge in [-0.1, -0.05) is 0 Å². The zero-order valence-corrected chi connectivity index (χ0v) is 14.6. The molecule has 150 valence electrons. The van der Waals surface area contributed by atoms with Crippen LogP contribution in [0.2, 0.25) is 0 Å². The van der Waals surface area contributed by atoms with E-state index in [1.807, 2.05) is 0 Å². The van der Waals surface area contributed by atoms with Crippen molar-refractivity contribution in [3.05, 3.63) is 34.9 Å². The first-order chi connectivity index (χ1) is 13.5. The Hall–Kier alpha value is -2.63. The monoisotopic (exact) mass is 394 g/mol. The summed E-state index contributed by atoms with van der Waals surface area (Å²) in [7, 11) is 1.45. The zero-order chi connectivity index (χ0) is 20.0. The number of fused-ring (bicyclic) bond motifs is 2. The summed E-state index contributed by atoms with van der Waals surface area (Å²) in [6.45, 7) is -0.612. The summed E-state index contributed by atoms with van der Waals surface area (Å²) in [4.78, 5) is 11.8. The van der Waals surface area contributed by atoms with Crippen LogP contribution in [0.15, 0.2) is 38.1 Å².